The first-order valence-electron chi connectivity index (χ1n) is 14.9. The quantitative estimate of drug-likeness (QED) is 0.424. The number of methoxy groups -OCH3 is 2. The van der Waals surface area contributed by atoms with Gasteiger partial charge < -0.3 is 43.7 Å². The highest BCUT2D eigenvalue weighted by Gasteiger charge is 2.44. The molecule has 0 spiro atoms. The summed E-state index contributed by atoms with van der Waals surface area (Å²) in [7, 11) is 2.78. The molecule has 45 heavy (non-hydrogen) atoms. The van der Waals surface area contributed by atoms with Gasteiger partial charge >= 0.3 is 12.2 Å². The Morgan fingerprint density at radius 2 is 1.04 bits per heavy atom. The van der Waals surface area contributed by atoms with Crippen molar-refractivity contribution in [2.75, 3.05) is 27.8 Å². The summed E-state index contributed by atoms with van der Waals surface area (Å²) in [5, 5.41) is 0. The Morgan fingerprint density at radius 1 is 0.667 bits per heavy atom. The molecule has 2 aromatic carbocycles. The van der Waals surface area contributed by atoms with Crippen LogP contribution in [0.25, 0.3) is 0 Å². The summed E-state index contributed by atoms with van der Waals surface area (Å²) in [5.41, 5.74) is 4.21. The topological polar surface area (TPSA) is 162 Å². The average Bonchev–Trinajstić information content (AvgIpc) is 3.70. The summed E-state index contributed by atoms with van der Waals surface area (Å²) in [6.07, 6.45) is 2.66. The van der Waals surface area contributed by atoms with Crippen molar-refractivity contribution in [3.8, 4) is 23.0 Å². The van der Waals surface area contributed by atoms with Gasteiger partial charge in [-0.25, -0.2) is 9.59 Å². The molecule has 0 saturated heterocycles. The zero-order valence-electron chi connectivity index (χ0n) is 25.2. The molecule has 2 amide bonds. The molecule has 13 heteroatoms. The van der Waals surface area contributed by atoms with E-state index in [-0.39, 0.29) is 66.7 Å². The van der Waals surface area contributed by atoms with Crippen LogP contribution >= 0.6 is 0 Å². The zero-order chi connectivity index (χ0) is 30.5. The van der Waals surface area contributed by atoms with Crippen LogP contribution in [0.4, 0.5) is 9.59 Å². The summed E-state index contributed by atoms with van der Waals surface area (Å²) >= 11 is 0. The van der Waals surface area contributed by atoms with E-state index in [1.54, 1.807) is 9.80 Å². The van der Waals surface area contributed by atoms with Gasteiger partial charge in [0.2, 0.25) is 13.6 Å². The van der Waals surface area contributed by atoms with Gasteiger partial charge in [0.25, 0.3) is 0 Å². The third kappa shape index (κ3) is 5.39. The highest BCUT2D eigenvalue weighted by molar-refractivity contribution is 5.82. The lowest BCUT2D eigenvalue weighted by atomic mass is 9.74. The standard InChI is InChI=1S/2C16H17NO5.H2O/c2*1-20-16(19)17-7-9-4-14-15(22-8-21-14)6-11(9)12-5-10(18)2-3-13(12)17;/h2*4,6,12-13H,2-3,5,7-8H2,1H3;1H2/t2*12-,13+;/m00./s1. The van der Waals surface area contributed by atoms with Crippen molar-refractivity contribution in [3.63, 3.8) is 0 Å². The van der Waals surface area contributed by atoms with Gasteiger partial charge in [-0.05, 0) is 59.4 Å². The van der Waals surface area contributed by atoms with E-state index in [2.05, 4.69) is 0 Å². The largest absolute Gasteiger partial charge is 0.454 e. The molecule has 6 aliphatic rings. The van der Waals surface area contributed by atoms with Crippen molar-refractivity contribution in [2.45, 2.75) is 75.5 Å². The van der Waals surface area contributed by atoms with Crippen LogP contribution < -0.4 is 18.9 Å². The number of benzene rings is 2. The van der Waals surface area contributed by atoms with E-state index >= 15 is 0 Å². The lowest BCUT2D eigenvalue weighted by molar-refractivity contribution is -0.122. The van der Waals surface area contributed by atoms with Crippen LogP contribution in [0, 0.1) is 0 Å². The molecule has 0 aromatic heterocycles. The molecule has 4 heterocycles. The second-order valence-electron chi connectivity index (χ2n) is 11.9. The van der Waals surface area contributed by atoms with Gasteiger partial charge in [-0.3, -0.25) is 9.59 Å². The molecule has 13 nitrogen and oxygen atoms in total. The van der Waals surface area contributed by atoms with E-state index in [0.29, 0.717) is 63.1 Å². The number of ketones is 2. The minimum Gasteiger partial charge on any atom is -0.454 e. The average molecular weight is 625 g/mol. The molecule has 4 aliphatic heterocycles. The molecule has 0 bridgehead atoms. The second kappa shape index (κ2) is 12.1. The van der Waals surface area contributed by atoms with Crippen LogP contribution in [-0.4, -0.2) is 78.9 Å². The first kappa shape index (κ1) is 30.5. The summed E-state index contributed by atoms with van der Waals surface area (Å²) in [6.45, 7) is 1.39. The Kier molecular flexibility index (Phi) is 8.21. The summed E-state index contributed by atoms with van der Waals surface area (Å²) in [6, 6.07) is 7.81. The van der Waals surface area contributed by atoms with E-state index in [4.69, 9.17) is 28.4 Å². The van der Waals surface area contributed by atoms with Crippen LogP contribution in [0.15, 0.2) is 24.3 Å². The van der Waals surface area contributed by atoms with E-state index in [0.717, 1.165) is 33.8 Å². The molecular formula is C32H36N2O11. The number of Topliss-reactive ketones (excluding diaryl/α,β-unsaturated/α-hetero) is 2. The highest BCUT2D eigenvalue weighted by Crippen LogP contribution is 2.47. The van der Waals surface area contributed by atoms with Crippen LogP contribution in [0.3, 0.4) is 0 Å². The number of nitrogens with zero attached hydrogens (tertiary/aromatic N) is 2. The van der Waals surface area contributed by atoms with E-state index < -0.39 is 0 Å². The Labute approximate surface area is 259 Å². The predicted molar refractivity (Wildman–Crippen MR) is 155 cm³/mol. The van der Waals surface area contributed by atoms with Crippen molar-refractivity contribution in [2.24, 2.45) is 0 Å². The van der Waals surface area contributed by atoms with Gasteiger partial charge in [-0.2, -0.15) is 0 Å². The van der Waals surface area contributed by atoms with Gasteiger partial charge in [0, 0.05) is 62.7 Å². The zero-order valence-corrected chi connectivity index (χ0v) is 25.2. The molecule has 2 N–H and O–H groups in total. The lowest BCUT2D eigenvalue weighted by Gasteiger charge is -2.43. The van der Waals surface area contributed by atoms with Crippen LogP contribution in [0.2, 0.25) is 0 Å². The van der Waals surface area contributed by atoms with Gasteiger partial charge in [0.05, 0.1) is 14.2 Å². The first-order chi connectivity index (χ1) is 21.3. The monoisotopic (exact) mass is 624 g/mol. The van der Waals surface area contributed by atoms with Crippen LogP contribution in [0.5, 0.6) is 23.0 Å². The maximum Gasteiger partial charge on any atom is 0.410 e. The number of fused-ring (bicyclic) bond motifs is 8. The normalized spacial score (nSPS) is 24.9. The van der Waals surface area contributed by atoms with Crippen molar-refractivity contribution in [1.82, 2.24) is 9.80 Å². The lowest BCUT2D eigenvalue weighted by Crippen LogP contribution is -2.49. The summed E-state index contributed by atoms with van der Waals surface area (Å²) in [5.74, 6) is 3.36. The fourth-order valence-corrected chi connectivity index (χ4v) is 7.57. The maximum absolute atomic E-state index is 12.1. The van der Waals surface area contributed by atoms with Gasteiger partial charge in [-0.15, -0.1) is 0 Å². The number of carbonyl (C=O) groups excluding carboxylic acids is 4. The van der Waals surface area contributed by atoms with E-state index in [1.165, 1.54) is 14.2 Å². The van der Waals surface area contributed by atoms with Crippen molar-refractivity contribution < 1.29 is 53.1 Å². The molecule has 2 saturated carbocycles. The Bertz CT molecular complexity index is 1430. The van der Waals surface area contributed by atoms with E-state index in [1.807, 2.05) is 24.3 Å². The summed E-state index contributed by atoms with van der Waals surface area (Å²) in [4.78, 5) is 51.5. The number of hydrogen-bond acceptors (Lipinski definition) is 10. The first-order valence-corrected chi connectivity index (χ1v) is 14.9. The number of ether oxygens (including phenoxy) is 6. The van der Waals surface area contributed by atoms with Gasteiger partial charge in [-0.1, -0.05) is 0 Å². The third-order valence-corrected chi connectivity index (χ3v) is 9.63. The SMILES string of the molecule is COC(=O)N1Cc2cc3c(cc2[C@@H]2CC(=O)CC[C@H]21)OCO3.COC(=O)N1Cc2cc3c(cc2[C@@H]2CC(=O)CC[C@H]21)OCO3.O. The minimum atomic E-state index is -0.340. The number of rotatable bonds is 0. The molecule has 240 valence electrons. The van der Waals surface area contributed by atoms with Gasteiger partial charge in [0.15, 0.2) is 23.0 Å². The molecule has 4 atom stereocenters. The number of amides is 2. The van der Waals surface area contributed by atoms with Gasteiger partial charge in [0.1, 0.15) is 11.6 Å². The third-order valence-electron chi connectivity index (χ3n) is 9.63. The molecule has 2 aromatic rings. The Morgan fingerprint density at radius 3 is 1.42 bits per heavy atom. The summed E-state index contributed by atoms with van der Waals surface area (Å²) < 4.78 is 31.6. The van der Waals surface area contributed by atoms with Crippen molar-refractivity contribution in [1.29, 1.82) is 0 Å². The maximum atomic E-state index is 12.1. The molecule has 0 radical (unpaired) electrons. The molecule has 0 unspecified atom stereocenters. The molecular weight excluding hydrogens is 588 g/mol. The molecule has 2 aliphatic carbocycles. The van der Waals surface area contributed by atoms with Crippen LogP contribution in [0.1, 0.15) is 72.6 Å². The fraction of sp³-hybridized carbons (Fsp3) is 0.500. The number of carbonyl (C=O) groups is 4. The molecule has 2 fully saturated rings. The Hall–Kier alpha value is -4.52. The van der Waals surface area contributed by atoms with Crippen molar-refractivity contribution >= 4 is 23.8 Å². The highest BCUT2D eigenvalue weighted by atomic mass is 16.7. The van der Waals surface area contributed by atoms with Crippen LogP contribution in [-0.2, 0) is 32.2 Å². The number of hydrogen-bond donors (Lipinski definition) is 0. The predicted octanol–water partition coefficient (Wildman–Crippen LogP) is 3.58. The second-order valence-corrected chi connectivity index (χ2v) is 11.9. The van der Waals surface area contributed by atoms with E-state index in [9.17, 15) is 19.2 Å². The Balaban J connectivity index is 0.000000155. The molecule has 8 rings (SSSR count). The fourth-order valence-electron chi connectivity index (χ4n) is 7.57. The van der Waals surface area contributed by atoms with Crippen molar-refractivity contribution in [3.05, 3.63) is 46.5 Å². The smallest absolute Gasteiger partial charge is 0.410 e. The minimum absolute atomic E-state index is 0.